The number of carbonyl (C=O) groups excluding carboxylic acids is 1. The minimum Gasteiger partial charge on any atom is -0.411 e. The summed E-state index contributed by atoms with van der Waals surface area (Å²) in [7, 11) is 0. The summed E-state index contributed by atoms with van der Waals surface area (Å²) in [5.74, 6) is -0.581. The Morgan fingerprint density at radius 3 is 2.94 bits per heavy atom. The Labute approximate surface area is 104 Å². The van der Waals surface area contributed by atoms with Gasteiger partial charge in [0.25, 0.3) is 0 Å². The number of rotatable bonds is 4. The van der Waals surface area contributed by atoms with Crippen molar-refractivity contribution in [1.29, 1.82) is 0 Å². The largest absolute Gasteiger partial charge is 0.411 e. The van der Waals surface area contributed by atoms with E-state index in [2.05, 4.69) is 16.4 Å². The summed E-state index contributed by atoms with van der Waals surface area (Å²) >= 11 is 0. The van der Waals surface area contributed by atoms with Gasteiger partial charge in [0.15, 0.2) is 0 Å². The lowest BCUT2D eigenvalue weighted by Gasteiger charge is -2.07. The lowest BCUT2D eigenvalue weighted by atomic mass is 10.0. The summed E-state index contributed by atoms with van der Waals surface area (Å²) in [5.41, 5.74) is 7.66. The van der Waals surface area contributed by atoms with Crippen molar-refractivity contribution in [3.63, 3.8) is 0 Å². The number of nitrogen functional groups attached to an aromatic ring is 1. The third-order valence-corrected chi connectivity index (χ3v) is 2.60. The number of benzene rings is 1. The van der Waals surface area contributed by atoms with Crippen molar-refractivity contribution in [2.75, 3.05) is 5.73 Å². The summed E-state index contributed by atoms with van der Waals surface area (Å²) < 4.78 is 0. The minimum atomic E-state index is -0.581. The Bertz CT molecular complexity index is 596. The van der Waals surface area contributed by atoms with E-state index in [-0.39, 0.29) is 6.42 Å². The van der Waals surface area contributed by atoms with Crippen LogP contribution in [0.15, 0.2) is 35.5 Å². The highest BCUT2D eigenvalue weighted by Gasteiger charge is 2.13. The van der Waals surface area contributed by atoms with Crippen LogP contribution in [0.5, 0.6) is 0 Å². The number of anilines is 1. The van der Waals surface area contributed by atoms with Crippen LogP contribution in [0.1, 0.15) is 18.0 Å². The predicted octanol–water partition coefficient (Wildman–Crippen LogP) is 1.74. The molecule has 1 unspecified atom stereocenters. The Morgan fingerprint density at radius 2 is 2.22 bits per heavy atom. The molecule has 1 aromatic heterocycles. The van der Waals surface area contributed by atoms with Crippen LogP contribution in [-0.2, 0) is 4.79 Å². The van der Waals surface area contributed by atoms with Gasteiger partial charge in [0, 0.05) is 17.5 Å². The number of aromatic nitrogens is 1. The SMILES string of the molecule is Nc1ccc2nc(C([C]=O)C/[C]=N\O)ccc2c1. The molecular weight excluding hydrogens is 230 g/mol. The number of pyridine rings is 1. The first kappa shape index (κ1) is 12.0. The second-order valence-corrected chi connectivity index (χ2v) is 3.82. The maximum Gasteiger partial charge on any atom is 0.208 e. The van der Waals surface area contributed by atoms with E-state index in [1.807, 2.05) is 18.4 Å². The van der Waals surface area contributed by atoms with E-state index in [9.17, 15) is 4.79 Å². The number of nitrogens with zero attached hydrogens (tertiary/aromatic N) is 2. The third kappa shape index (κ3) is 2.45. The van der Waals surface area contributed by atoms with Gasteiger partial charge in [-0.05, 0) is 24.3 Å². The molecule has 1 aromatic carbocycles. The van der Waals surface area contributed by atoms with E-state index in [0.717, 1.165) is 10.9 Å². The topological polar surface area (TPSA) is 88.6 Å². The summed E-state index contributed by atoms with van der Waals surface area (Å²) in [6, 6.07) is 8.93. The van der Waals surface area contributed by atoms with E-state index in [0.29, 0.717) is 11.4 Å². The van der Waals surface area contributed by atoms with Gasteiger partial charge in [-0.3, -0.25) is 9.78 Å². The summed E-state index contributed by atoms with van der Waals surface area (Å²) in [6.45, 7) is 0. The van der Waals surface area contributed by atoms with Crippen molar-refractivity contribution < 1.29 is 10.0 Å². The predicted molar refractivity (Wildman–Crippen MR) is 68.4 cm³/mol. The van der Waals surface area contributed by atoms with Crippen LogP contribution in [-0.4, -0.2) is 22.7 Å². The fraction of sp³-hybridized carbons (Fsp3) is 0.154. The van der Waals surface area contributed by atoms with Gasteiger partial charge in [-0.25, -0.2) is 0 Å². The molecule has 90 valence electrons. The molecule has 0 bridgehead atoms. The highest BCUT2D eigenvalue weighted by atomic mass is 16.4. The van der Waals surface area contributed by atoms with Crippen LogP contribution < -0.4 is 5.73 Å². The smallest absolute Gasteiger partial charge is 0.208 e. The fourth-order valence-corrected chi connectivity index (χ4v) is 1.69. The van der Waals surface area contributed by atoms with E-state index >= 15 is 0 Å². The quantitative estimate of drug-likeness (QED) is 0.369. The number of hydrogen-bond donors (Lipinski definition) is 2. The number of nitrogens with two attached hydrogens (primary N) is 1. The van der Waals surface area contributed by atoms with Crippen molar-refractivity contribution in [3.8, 4) is 0 Å². The van der Waals surface area contributed by atoms with Gasteiger partial charge in [0.2, 0.25) is 6.29 Å². The Hall–Kier alpha value is -2.43. The molecule has 0 amide bonds. The average molecular weight is 241 g/mol. The first-order valence-electron chi connectivity index (χ1n) is 5.35. The molecule has 1 heterocycles. The molecule has 0 saturated carbocycles. The molecule has 0 aliphatic carbocycles. The fourth-order valence-electron chi connectivity index (χ4n) is 1.69. The Balaban J connectivity index is 2.39. The molecular formula is C13H11N3O2. The van der Waals surface area contributed by atoms with Crippen LogP contribution in [0, 0.1) is 0 Å². The zero-order valence-corrected chi connectivity index (χ0v) is 9.50. The molecule has 2 rings (SSSR count). The van der Waals surface area contributed by atoms with Crippen molar-refractivity contribution in [2.45, 2.75) is 12.3 Å². The van der Waals surface area contributed by atoms with Gasteiger partial charge in [-0.1, -0.05) is 11.2 Å². The molecule has 0 saturated heterocycles. The molecule has 0 spiro atoms. The monoisotopic (exact) mass is 241 g/mol. The van der Waals surface area contributed by atoms with Crippen molar-refractivity contribution in [2.24, 2.45) is 5.16 Å². The Morgan fingerprint density at radius 1 is 1.39 bits per heavy atom. The maximum atomic E-state index is 10.9. The van der Waals surface area contributed by atoms with Gasteiger partial charge in [-0.2, -0.15) is 0 Å². The van der Waals surface area contributed by atoms with Crippen LogP contribution >= 0.6 is 0 Å². The van der Waals surface area contributed by atoms with E-state index in [1.54, 1.807) is 18.2 Å². The number of hydrogen-bond acceptors (Lipinski definition) is 5. The second-order valence-electron chi connectivity index (χ2n) is 3.82. The molecule has 1 atom stereocenters. The normalized spacial score (nSPS) is 12.9. The molecule has 18 heavy (non-hydrogen) atoms. The van der Waals surface area contributed by atoms with Crippen LogP contribution in [0.3, 0.4) is 0 Å². The van der Waals surface area contributed by atoms with Crippen molar-refractivity contribution >= 4 is 29.1 Å². The zero-order valence-electron chi connectivity index (χ0n) is 9.50. The Kier molecular flexibility index (Phi) is 3.52. The highest BCUT2D eigenvalue weighted by Crippen LogP contribution is 2.20. The van der Waals surface area contributed by atoms with E-state index in [4.69, 9.17) is 10.9 Å². The van der Waals surface area contributed by atoms with Gasteiger partial charge < -0.3 is 10.9 Å². The van der Waals surface area contributed by atoms with Crippen LogP contribution in [0.4, 0.5) is 5.69 Å². The number of fused-ring (bicyclic) bond motifs is 1. The van der Waals surface area contributed by atoms with Gasteiger partial charge in [0.05, 0.1) is 17.1 Å². The van der Waals surface area contributed by atoms with Crippen LogP contribution in [0.2, 0.25) is 0 Å². The molecule has 2 radical (unpaired) electrons. The van der Waals surface area contributed by atoms with E-state index in [1.165, 1.54) is 0 Å². The molecule has 3 N–H and O–H groups in total. The van der Waals surface area contributed by atoms with Crippen LogP contribution in [0.25, 0.3) is 10.9 Å². The first-order chi connectivity index (χ1) is 8.74. The van der Waals surface area contributed by atoms with Crippen molar-refractivity contribution in [3.05, 3.63) is 36.0 Å². The summed E-state index contributed by atoms with van der Waals surface area (Å²) in [4.78, 5) is 15.2. The highest BCUT2D eigenvalue weighted by molar-refractivity contribution is 5.82. The molecule has 5 heteroatoms. The third-order valence-electron chi connectivity index (χ3n) is 2.60. The lowest BCUT2D eigenvalue weighted by molar-refractivity contribution is 0.320. The van der Waals surface area contributed by atoms with Gasteiger partial charge in [-0.15, -0.1) is 0 Å². The minimum absolute atomic E-state index is 0.146. The lowest BCUT2D eigenvalue weighted by Crippen LogP contribution is -2.03. The molecule has 2 aromatic rings. The first-order valence-corrected chi connectivity index (χ1v) is 5.35. The summed E-state index contributed by atoms with van der Waals surface area (Å²) in [6.07, 6.45) is 4.32. The molecule has 0 aliphatic rings. The molecule has 0 aliphatic heterocycles. The average Bonchev–Trinajstić information content (AvgIpc) is 2.39. The second kappa shape index (κ2) is 5.27. The summed E-state index contributed by atoms with van der Waals surface area (Å²) in [5, 5.41) is 12.0. The molecule has 5 nitrogen and oxygen atoms in total. The van der Waals surface area contributed by atoms with Crippen molar-refractivity contribution in [1.82, 2.24) is 4.98 Å². The zero-order chi connectivity index (χ0) is 13.0. The standard InChI is InChI=1S/C13H11N3O2/c14-11-2-4-12-9(7-11)1-3-13(16-12)10(8-17)5-6-15-18/h1-4,7,10,18H,5,14H2. The molecule has 0 fully saturated rings. The van der Waals surface area contributed by atoms with E-state index < -0.39 is 5.92 Å². The maximum absolute atomic E-state index is 10.9. The van der Waals surface area contributed by atoms with Gasteiger partial charge >= 0.3 is 0 Å². The van der Waals surface area contributed by atoms with Gasteiger partial charge in [0.1, 0.15) is 6.21 Å².